The fraction of sp³-hybridized carbons (Fsp3) is 0.333. The van der Waals surface area contributed by atoms with E-state index < -0.39 is 0 Å². The molecule has 2 atom stereocenters. The van der Waals surface area contributed by atoms with Crippen LogP contribution >= 0.6 is 0 Å². The standard InChI is InChI=1S/C21H22N4/c1-24-19-10-17-13-25(12-15-6-5-9-22-11-15)14-18(17)20(19)21(23-24)16-7-3-2-4-8-16/h2-9,11,17-18H,10,12-14H2,1H3/t17-,18+/m1/s1. The Bertz CT molecular complexity index is 885. The molecule has 4 nitrogen and oxygen atoms in total. The lowest BCUT2D eigenvalue weighted by Crippen LogP contribution is -2.21. The van der Waals surface area contributed by atoms with Crippen molar-refractivity contribution in [2.45, 2.75) is 18.9 Å². The van der Waals surface area contributed by atoms with Gasteiger partial charge in [0, 0.05) is 61.8 Å². The number of fused-ring (bicyclic) bond motifs is 3. The maximum Gasteiger partial charge on any atom is 0.0961 e. The molecule has 1 aliphatic carbocycles. The van der Waals surface area contributed by atoms with Gasteiger partial charge >= 0.3 is 0 Å². The predicted octanol–water partition coefficient (Wildman–Crippen LogP) is 3.25. The first kappa shape index (κ1) is 14.8. The zero-order valence-electron chi connectivity index (χ0n) is 14.5. The zero-order valence-corrected chi connectivity index (χ0v) is 14.5. The van der Waals surface area contributed by atoms with Crippen molar-refractivity contribution in [3.05, 3.63) is 71.7 Å². The Balaban J connectivity index is 1.44. The Morgan fingerprint density at radius 1 is 1.08 bits per heavy atom. The number of aromatic nitrogens is 3. The second-order valence-electron chi connectivity index (χ2n) is 7.32. The first-order chi connectivity index (χ1) is 12.3. The third kappa shape index (κ3) is 2.48. The van der Waals surface area contributed by atoms with Crippen molar-refractivity contribution in [2.24, 2.45) is 13.0 Å². The summed E-state index contributed by atoms with van der Waals surface area (Å²) in [5, 5.41) is 4.86. The predicted molar refractivity (Wildman–Crippen MR) is 98.1 cm³/mol. The summed E-state index contributed by atoms with van der Waals surface area (Å²) < 4.78 is 2.11. The minimum Gasteiger partial charge on any atom is -0.298 e. The van der Waals surface area contributed by atoms with Gasteiger partial charge in [-0.2, -0.15) is 5.10 Å². The normalized spacial score (nSPS) is 22.1. The summed E-state index contributed by atoms with van der Waals surface area (Å²) in [4.78, 5) is 6.83. The van der Waals surface area contributed by atoms with Gasteiger partial charge in [0.15, 0.2) is 0 Å². The van der Waals surface area contributed by atoms with Crippen molar-refractivity contribution in [1.29, 1.82) is 0 Å². The molecule has 0 spiro atoms. The average Bonchev–Trinajstić information content (AvgIpc) is 3.27. The highest BCUT2D eigenvalue weighted by Crippen LogP contribution is 2.47. The maximum absolute atomic E-state index is 4.86. The molecule has 25 heavy (non-hydrogen) atoms. The van der Waals surface area contributed by atoms with Crippen LogP contribution in [0.4, 0.5) is 0 Å². The summed E-state index contributed by atoms with van der Waals surface area (Å²) in [6.45, 7) is 3.29. The Morgan fingerprint density at radius 3 is 2.76 bits per heavy atom. The highest BCUT2D eigenvalue weighted by Gasteiger charge is 2.43. The van der Waals surface area contributed by atoms with Crippen molar-refractivity contribution in [1.82, 2.24) is 19.7 Å². The summed E-state index contributed by atoms with van der Waals surface area (Å²) in [6, 6.07) is 14.8. The minimum atomic E-state index is 0.607. The van der Waals surface area contributed by atoms with Gasteiger partial charge in [-0.25, -0.2) is 0 Å². The highest BCUT2D eigenvalue weighted by molar-refractivity contribution is 5.66. The molecule has 1 aromatic carbocycles. The lowest BCUT2D eigenvalue weighted by molar-refractivity contribution is 0.313. The zero-order chi connectivity index (χ0) is 16.8. The molecule has 0 N–H and O–H groups in total. The average molecular weight is 330 g/mol. The number of likely N-dealkylation sites (tertiary alicyclic amines) is 1. The van der Waals surface area contributed by atoms with Crippen LogP contribution in [-0.2, 0) is 20.0 Å². The van der Waals surface area contributed by atoms with Crippen LogP contribution in [-0.4, -0.2) is 32.8 Å². The number of aryl methyl sites for hydroxylation is 1. The van der Waals surface area contributed by atoms with E-state index >= 15 is 0 Å². The van der Waals surface area contributed by atoms with Gasteiger partial charge in [-0.15, -0.1) is 0 Å². The van der Waals surface area contributed by atoms with Crippen LogP contribution in [0.15, 0.2) is 54.9 Å². The van der Waals surface area contributed by atoms with Gasteiger partial charge < -0.3 is 0 Å². The van der Waals surface area contributed by atoms with E-state index in [1.807, 2.05) is 18.5 Å². The first-order valence-electron chi connectivity index (χ1n) is 9.02. The third-order valence-corrected chi connectivity index (χ3v) is 5.73. The van der Waals surface area contributed by atoms with Crippen LogP contribution in [0.2, 0.25) is 0 Å². The van der Waals surface area contributed by atoms with E-state index in [2.05, 4.69) is 58.0 Å². The molecule has 4 heteroatoms. The molecule has 3 heterocycles. The Kier molecular flexibility index (Phi) is 3.45. The van der Waals surface area contributed by atoms with Crippen molar-refractivity contribution in [3.8, 4) is 11.3 Å². The Labute approximate surface area is 148 Å². The molecule has 0 bridgehead atoms. The Hall–Kier alpha value is -2.46. The summed E-state index contributed by atoms with van der Waals surface area (Å²) in [7, 11) is 2.10. The van der Waals surface area contributed by atoms with Crippen LogP contribution < -0.4 is 0 Å². The molecule has 2 aromatic heterocycles. The lowest BCUT2D eigenvalue weighted by atomic mass is 9.94. The van der Waals surface area contributed by atoms with E-state index in [0.29, 0.717) is 5.92 Å². The van der Waals surface area contributed by atoms with Crippen LogP contribution in [0.25, 0.3) is 11.3 Å². The Morgan fingerprint density at radius 2 is 1.96 bits per heavy atom. The maximum atomic E-state index is 4.86. The smallest absolute Gasteiger partial charge is 0.0961 e. The summed E-state index contributed by atoms with van der Waals surface area (Å²) in [5.41, 5.74) is 6.67. The molecular weight excluding hydrogens is 308 g/mol. The topological polar surface area (TPSA) is 34.0 Å². The monoisotopic (exact) mass is 330 g/mol. The van der Waals surface area contributed by atoms with Gasteiger partial charge in [-0.1, -0.05) is 36.4 Å². The van der Waals surface area contributed by atoms with Crippen molar-refractivity contribution in [2.75, 3.05) is 13.1 Å². The summed E-state index contributed by atoms with van der Waals surface area (Å²) in [5.74, 6) is 1.33. The number of hydrogen-bond donors (Lipinski definition) is 0. The number of nitrogens with zero attached hydrogens (tertiary/aromatic N) is 4. The SMILES string of the molecule is Cn1nc(-c2ccccc2)c2c1C[C@@H]1CN(Cc3cccnc3)C[C@H]21. The second kappa shape index (κ2) is 5.81. The highest BCUT2D eigenvalue weighted by atomic mass is 15.3. The van der Waals surface area contributed by atoms with Crippen molar-refractivity contribution >= 4 is 0 Å². The number of rotatable bonds is 3. The van der Waals surface area contributed by atoms with Crippen molar-refractivity contribution < 1.29 is 0 Å². The van der Waals surface area contributed by atoms with Gasteiger partial charge in [-0.3, -0.25) is 14.6 Å². The molecule has 0 radical (unpaired) electrons. The fourth-order valence-electron chi connectivity index (χ4n) is 4.64. The number of benzene rings is 1. The van der Waals surface area contributed by atoms with Gasteiger partial charge in [0.25, 0.3) is 0 Å². The molecule has 1 aliphatic heterocycles. The third-order valence-electron chi connectivity index (χ3n) is 5.73. The van der Waals surface area contributed by atoms with E-state index in [1.165, 1.54) is 34.6 Å². The van der Waals surface area contributed by atoms with Crippen LogP contribution in [0.1, 0.15) is 22.7 Å². The summed E-state index contributed by atoms with van der Waals surface area (Å²) >= 11 is 0. The van der Waals surface area contributed by atoms with Crippen molar-refractivity contribution in [3.63, 3.8) is 0 Å². The summed E-state index contributed by atoms with van der Waals surface area (Å²) in [6.07, 6.45) is 4.98. The second-order valence-corrected chi connectivity index (χ2v) is 7.32. The molecule has 5 rings (SSSR count). The minimum absolute atomic E-state index is 0.607. The van der Waals surface area contributed by atoms with E-state index in [4.69, 9.17) is 5.10 Å². The molecule has 2 aliphatic rings. The van der Waals surface area contributed by atoms with E-state index in [1.54, 1.807) is 0 Å². The van der Waals surface area contributed by atoms with E-state index in [0.717, 1.165) is 25.4 Å². The largest absolute Gasteiger partial charge is 0.298 e. The number of hydrogen-bond acceptors (Lipinski definition) is 3. The van der Waals surface area contributed by atoms with E-state index in [-0.39, 0.29) is 0 Å². The number of pyridine rings is 1. The van der Waals surface area contributed by atoms with E-state index in [9.17, 15) is 0 Å². The molecule has 126 valence electrons. The first-order valence-corrected chi connectivity index (χ1v) is 9.02. The molecule has 1 fully saturated rings. The lowest BCUT2D eigenvalue weighted by Gasteiger charge is -2.16. The van der Waals surface area contributed by atoms with Crippen LogP contribution in [0, 0.1) is 5.92 Å². The fourth-order valence-corrected chi connectivity index (χ4v) is 4.64. The van der Waals surface area contributed by atoms with Gasteiger partial charge in [0.2, 0.25) is 0 Å². The van der Waals surface area contributed by atoms with Crippen LogP contribution in [0.5, 0.6) is 0 Å². The molecule has 0 amide bonds. The van der Waals surface area contributed by atoms with Gasteiger partial charge in [-0.05, 0) is 24.0 Å². The van der Waals surface area contributed by atoms with Crippen LogP contribution in [0.3, 0.4) is 0 Å². The quantitative estimate of drug-likeness (QED) is 0.739. The van der Waals surface area contributed by atoms with Gasteiger partial charge in [0.1, 0.15) is 0 Å². The molecule has 3 aromatic rings. The molecular formula is C21H22N4. The van der Waals surface area contributed by atoms with Gasteiger partial charge in [0.05, 0.1) is 5.69 Å². The molecule has 0 unspecified atom stereocenters. The molecule has 1 saturated heterocycles. The molecule has 0 saturated carbocycles.